The van der Waals surface area contributed by atoms with Crippen LogP contribution in [0.1, 0.15) is 46.2 Å². The van der Waals surface area contributed by atoms with Crippen molar-refractivity contribution >= 4 is 17.6 Å². The van der Waals surface area contributed by atoms with Crippen LogP contribution in [0.3, 0.4) is 0 Å². The fourth-order valence-electron chi connectivity index (χ4n) is 2.43. The normalized spacial score (nSPS) is 14.2. The van der Waals surface area contributed by atoms with Crippen molar-refractivity contribution in [1.82, 2.24) is 10.2 Å². The summed E-state index contributed by atoms with van der Waals surface area (Å²) in [6.45, 7) is 12.9. The first-order valence-corrected chi connectivity index (χ1v) is 8.22. The molecule has 0 fully saturated rings. The van der Waals surface area contributed by atoms with Crippen molar-refractivity contribution in [2.45, 2.75) is 46.2 Å². The second-order valence-electron chi connectivity index (χ2n) is 6.36. The predicted molar refractivity (Wildman–Crippen MR) is 96.5 cm³/mol. The molecule has 22 heavy (non-hydrogen) atoms. The Balaban J connectivity index is 2.98. The molecule has 0 aliphatic heterocycles. The van der Waals surface area contributed by atoms with E-state index in [0.29, 0.717) is 12.5 Å². The number of guanidine groups is 1. The Morgan fingerprint density at radius 1 is 1.27 bits per heavy atom. The van der Waals surface area contributed by atoms with Crippen LogP contribution in [0.5, 0.6) is 0 Å². The third kappa shape index (κ3) is 5.85. The molecule has 0 heterocycles. The lowest BCUT2D eigenvalue weighted by Crippen LogP contribution is -2.45. The number of likely N-dealkylation sites (N-methyl/N-ethyl adjacent to an activating group) is 1. The van der Waals surface area contributed by atoms with Gasteiger partial charge in [0.05, 0.1) is 12.6 Å². The third-order valence-electron chi connectivity index (χ3n) is 3.45. The van der Waals surface area contributed by atoms with Crippen molar-refractivity contribution in [3.63, 3.8) is 0 Å². The van der Waals surface area contributed by atoms with Gasteiger partial charge in [0.1, 0.15) is 0 Å². The zero-order valence-corrected chi connectivity index (χ0v) is 15.1. The topological polar surface area (TPSA) is 53.6 Å². The smallest absolute Gasteiger partial charge is 0.189 e. The Bertz CT molecular complexity index is 490. The SMILES string of the molecule is CCN(CC)C(CN=C(N)NC(C)(C)C)c1ccccc1Cl. The quantitative estimate of drug-likeness (QED) is 0.622. The Morgan fingerprint density at radius 2 is 1.86 bits per heavy atom. The molecule has 0 saturated heterocycles. The van der Waals surface area contributed by atoms with E-state index in [2.05, 4.69) is 55.9 Å². The molecule has 0 spiro atoms. The minimum Gasteiger partial charge on any atom is -0.370 e. The van der Waals surface area contributed by atoms with E-state index in [1.807, 2.05) is 18.2 Å². The lowest BCUT2D eigenvalue weighted by Gasteiger charge is -2.30. The Hall–Kier alpha value is -1.26. The molecule has 0 aliphatic rings. The third-order valence-corrected chi connectivity index (χ3v) is 3.80. The van der Waals surface area contributed by atoms with E-state index < -0.39 is 0 Å². The first-order valence-electron chi connectivity index (χ1n) is 7.85. The summed E-state index contributed by atoms with van der Waals surface area (Å²) >= 11 is 6.38. The fourth-order valence-corrected chi connectivity index (χ4v) is 2.69. The van der Waals surface area contributed by atoms with Gasteiger partial charge in [0.15, 0.2) is 5.96 Å². The van der Waals surface area contributed by atoms with Gasteiger partial charge in [0.2, 0.25) is 0 Å². The molecule has 0 aromatic heterocycles. The van der Waals surface area contributed by atoms with Gasteiger partial charge in [-0.3, -0.25) is 9.89 Å². The van der Waals surface area contributed by atoms with Gasteiger partial charge in [-0.15, -0.1) is 0 Å². The van der Waals surface area contributed by atoms with Crippen LogP contribution in [0.2, 0.25) is 5.02 Å². The molecule has 1 aromatic rings. The average molecular weight is 325 g/mol. The van der Waals surface area contributed by atoms with E-state index in [0.717, 1.165) is 23.7 Å². The maximum atomic E-state index is 6.38. The van der Waals surface area contributed by atoms with E-state index in [4.69, 9.17) is 17.3 Å². The molecule has 124 valence electrons. The van der Waals surface area contributed by atoms with E-state index in [1.54, 1.807) is 0 Å². The maximum absolute atomic E-state index is 6.38. The summed E-state index contributed by atoms with van der Waals surface area (Å²) < 4.78 is 0. The number of halogens is 1. The van der Waals surface area contributed by atoms with Gasteiger partial charge in [-0.2, -0.15) is 0 Å². The number of nitrogens with two attached hydrogens (primary N) is 1. The minimum atomic E-state index is -0.0946. The summed E-state index contributed by atoms with van der Waals surface area (Å²) in [5.41, 5.74) is 7.00. The summed E-state index contributed by atoms with van der Waals surface area (Å²) in [5.74, 6) is 0.469. The lowest BCUT2D eigenvalue weighted by atomic mass is 10.1. The van der Waals surface area contributed by atoms with Crippen LogP contribution in [0.4, 0.5) is 0 Å². The Labute approximate surface area is 139 Å². The molecule has 0 amide bonds. The highest BCUT2D eigenvalue weighted by atomic mass is 35.5. The van der Waals surface area contributed by atoms with E-state index >= 15 is 0 Å². The first kappa shape index (κ1) is 18.8. The number of hydrogen-bond acceptors (Lipinski definition) is 2. The number of aliphatic imine (C=N–C) groups is 1. The zero-order valence-electron chi connectivity index (χ0n) is 14.4. The fraction of sp³-hybridized carbons (Fsp3) is 0.588. The molecule has 1 aromatic carbocycles. The van der Waals surface area contributed by atoms with Crippen molar-refractivity contribution in [2.75, 3.05) is 19.6 Å². The number of nitrogens with one attached hydrogen (secondary N) is 1. The van der Waals surface area contributed by atoms with Crippen LogP contribution in [0.25, 0.3) is 0 Å². The van der Waals surface area contributed by atoms with Gasteiger partial charge in [-0.25, -0.2) is 0 Å². The molecule has 0 bridgehead atoms. The number of benzene rings is 1. The van der Waals surface area contributed by atoms with Crippen LogP contribution in [-0.4, -0.2) is 36.0 Å². The van der Waals surface area contributed by atoms with Crippen LogP contribution >= 0.6 is 11.6 Å². The monoisotopic (exact) mass is 324 g/mol. The summed E-state index contributed by atoms with van der Waals surface area (Å²) in [7, 11) is 0. The van der Waals surface area contributed by atoms with Gasteiger partial charge in [-0.05, 0) is 45.5 Å². The molecule has 3 N–H and O–H groups in total. The summed E-state index contributed by atoms with van der Waals surface area (Å²) in [4.78, 5) is 6.87. The number of rotatable bonds is 6. The van der Waals surface area contributed by atoms with Crippen LogP contribution < -0.4 is 11.1 Å². The summed E-state index contributed by atoms with van der Waals surface area (Å²) in [6.07, 6.45) is 0. The average Bonchev–Trinajstić information content (AvgIpc) is 2.42. The van der Waals surface area contributed by atoms with Crippen molar-refractivity contribution in [1.29, 1.82) is 0 Å². The highest BCUT2D eigenvalue weighted by Crippen LogP contribution is 2.27. The summed E-state index contributed by atoms with van der Waals surface area (Å²) in [5, 5.41) is 3.97. The minimum absolute atomic E-state index is 0.0946. The molecule has 1 unspecified atom stereocenters. The van der Waals surface area contributed by atoms with Crippen molar-refractivity contribution in [3.8, 4) is 0 Å². The largest absolute Gasteiger partial charge is 0.370 e. The standard InChI is InChI=1S/C17H29ClN4/c1-6-22(7-2)15(13-10-8-9-11-14(13)18)12-20-16(19)21-17(3,4)5/h8-11,15H,6-7,12H2,1-5H3,(H3,19,20,21). The zero-order chi connectivity index (χ0) is 16.8. The van der Waals surface area contributed by atoms with Gasteiger partial charge in [0.25, 0.3) is 0 Å². The molecule has 1 atom stereocenters. The highest BCUT2D eigenvalue weighted by molar-refractivity contribution is 6.31. The van der Waals surface area contributed by atoms with Crippen molar-refractivity contribution in [3.05, 3.63) is 34.9 Å². The summed E-state index contributed by atoms with van der Waals surface area (Å²) in [6, 6.07) is 8.08. The van der Waals surface area contributed by atoms with Gasteiger partial charge in [-0.1, -0.05) is 43.6 Å². The Kier molecular flexibility index (Phi) is 7.17. The van der Waals surface area contributed by atoms with Gasteiger partial charge in [0, 0.05) is 10.6 Å². The highest BCUT2D eigenvalue weighted by Gasteiger charge is 2.20. The molecule has 0 radical (unpaired) electrons. The van der Waals surface area contributed by atoms with Crippen LogP contribution in [-0.2, 0) is 0 Å². The van der Waals surface area contributed by atoms with E-state index in [-0.39, 0.29) is 11.6 Å². The maximum Gasteiger partial charge on any atom is 0.189 e. The number of nitrogens with zero attached hydrogens (tertiary/aromatic N) is 2. The second-order valence-corrected chi connectivity index (χ2v) is 6.77. The molecule has 1 rings (SSSR count). The van der Waals surface area contributed by atoms with Crippen LogP contribution in [0.15, 0.2) is 29.3 Å². The van der Waals surface area contributed by atoms with E-state index in [1.165, 1.54) is 0 Å². The predicted octanol–water partition coefficient (Wildman–Crippen LogP) is 3.43. The lowest BCUT2D eigenvalue weighted by molar-refractivity contribution is 0.224. The number of hydrogen-bond donors (Lipinski definition) is 2. The molecular formula is C17H29ClN4. The molecule has 5 heteroatoms. The van der Waals surface area contributed by atoms with Gasteiger partial charge >= 0.3 is 0 Å². The molecular weight excluding hydrogens is 296 g/mol. The molecule has 0 aliphatic carbocycles. The van der Waals surface area contributed by atoms with Crippen molar-refractivity contribution in [2.24, 2.45) is 10.7 Å². The van der Waals surface area contributed by atoms with Crippen molar-refractivity contribution < 1.29 is 0 Å². The van der Waals surface area contributed by atoms with Gasteiger partial charge < -0.3 is 11.1 Å². The molecule has 4 nitrogen and oxygen atoms in total. The van der Waals surface area contributed by atoms with Crippen LogP contribution in [0, 0.1) is 0 Å². The Morgan fingerprint density at radius 3 is 2.36 bits per heavy atom. The first-order chi connectivity index (χ1) is 10.3. The van der Waals surface area contributed by atoms with E-state index in [9.17, 15) is 0 Å². The molecule has 0 saturated carbocycles. The second kappa shape index (κ2) is 8.39.